The number of hydrogen-bond acceptors (Lipinski definition) is 5. The van der Waals surface area contributed by atoms with Gasteiger partial charge in [0.05, 0.1) is 17.2 Å². The summed E-state index contributed by atoms with van der Waals surface area (Å²) in [4.78, 5) is 29.1. The van der Waals surface area contributed by atoms with Crippen molar-refractivity contribution < 1.29 is 22.7 Å². The Balaban J connectivity index is 2.04. The SMILES string of the molecule is CCOc1ccccc1N(CC(=O)N(CCc1ccccc1)[C@@H](CC)C(=O)N[C@@H](C)CC)S(=O)(=O)c1ccccc1. The molecule has 3 rings (SSSR count). The Labute approximate surface area is 244 Å². The maximum atomic E-state index is 14.2. The van der Waals surface area contributed by atoms with Crippen LogP contribution in [0.25, 0.3) is 0 Å². The largest absolute Gasteiger partial charge is 0.492 e. The number of para-hydroxylation sites is 2. The van der Waals surface area contributed by atoms with Crippen molar-refractivity contribution >= 4 is 27.5 Å². The van der Waals surface area contributed by atoms with Gasteiger partial charge in [-0.3, -0.25) is 13.9 Å². The van der Waals surface area contributed by atoms with E-state index in [4.69, 9.17) is 4.74 Å². The first-order chi connectivity index (χ1) is 19.7. The standard InChI is InChI=1S/C32H41N3O5S/c1-5-25(4)33-32(37)28(6-2)34(23-22-26-16-10-8-11-17-26)31(36)24-35(29-20-14-15-21-30(29)40-7-3)41(38,39)27-18-12-9-13-19-27/h8-21,25,28H,5-7,22-24H2,1-4H3,(H,33,37)/t25-,28-/m0/s1. The molecule has 0 unspecified atom stereocenters. The highest BCUT2D eigenvalue weighted by atomic mass is 32.2. The lowest BCUT2D eigenvalue weighted by Gasteiger charge is -2.34. The van der Waals surface area contributed by atoms with Gasteiger partial charge in [-0.1, -0.05) is 74.5 Å². The van der Waals surface area contributed by atoms with Gasteiger partial charge in [0.15, 0.2) is 0 Å². The fourth-order valence-corrected chi connectivity index (χ4v) is 5.96. The number of sulfonamides is 1. The zero-order chi connectivity index (χ0) is 29.8. The predicted octanol–water partition coefficient (Wildman–Crippen LogP) is 5.05. The summed E-state index contributed by atoms with van der Waals surface area (Å²) in [6, 6.07) is 23.6. The van der Waals surface area contributed by atoms with E-state index in [0.717, 1.165) is 16.3 Å². The zero-order valence-corrected chi connectivity index (χ0v) is 25.1. The maximum Gasteiger partial charge on any atom is 0.264 e. The first-order valence-corrected chi connectivity index (χ1v) is 15.6. The third-order valence-electron chi connectivity index (χ3n) is 6.92. The first-order valence-electron chi connectivity index (χ1n) is 14.2. The molecule has 2 atom stereocenters. The number of carbonyl (C=O) groups is 2. The monoisotopic (exact) mass is 579 g/mol. The molecule has 0 aliphatic heterocycles. The van der Waals surface area contributed by atoms with E-state index in [-0.39, 0.29) is 29.1 Å². The summed E-state index contributed by atoms with van der Waals surface area (Å²) in [7, 11) is -4.16. The third kappa shape index (κ3) is 8.33. The molecular weight excluding hydrogens is 538 g/mol. The molecule has 0 bridgehead atoms. The van der Waals surface area contributed by atoms with Crippen molar-refractivity contribution in [3.8, 4) is 5.75 Å². The highest BCUT2D eigenvalue weighted by molar-refractivity contribution is 7.92. The van der Waals surface area contributed by atoms with Gasteiger partial charge in [0.25, 0.3) is 10.0 Å². The molecule has 0 aromatic heterocycles. The molecule has 0 aliphatic rings. The number of ether oxygens (including phenoxy) is 1. The van der Waals surface area contributed by atoms with Gasteiger partial charge >= 0.3 is 0 Å². The summed E-state index contributed by atoms with van der Waals surface area (Å²) in [6.45, 7) is 7.63. The van der Waals surface area contributed by atoms with Gasteiger partial charge < -0.3 is 15.0 Å². The lowest BCUT2D eigenvalue weighted by molar-refractivity contribution is -0.139. The van der Waals surface area contributed by atoms with E-state index >= 15 is 0 Å². The lowest BCUT2D eigenvalue weighted by atomic mass is 10.1. The Kier molecular flexibility index (Phi) is 11.8. The maximum absolute atomic E-state index is 14.2. The molecule has 2 amide bonds. The Morgan fingerprint density at radius 1 is 0.854 bits per heavy atom. The topological polar surface area (TPSA) is 96.0 Å². The van der Waals surface area contributed by atoms with E-state index in [9.17, 15) is 18.0 Å². The Morgan fingerprint density at radius 2 is 1.46 bits per heavy atom. The summed E-state index contributed by atoms with van der Waals surface area (Å²) >= 11 is 0. The Morgan fingerprint density at radius 3 is 2.07 bits per heavy atom. The van der Waals surface area contributed by atoms with Gasteiger partial charge in [-0.05, 0) is 62.9 Å². The van der Waals surface area contributed by atoms with Crippen LogP contribution in [-0.2, 0) is 26.0 Å². The van der Waals surface area contributed by atoms with Gasteiger partial charge in [-0.2, -0.15) is 0 Å². The molecule has 0 spiro atoms. The third-order valence-corrected chi connectivity index (χ3v) is 8.69. The number of rotatable bonds is 15. The number of anilines is 1. The Hall–Kier alpha value is -3.85. The second kappa shape index (κ2) is 15.2. The van der Waals surface area contributed by atoms with Crippen molar-refractivity contribution in [1.82, 2.24) is 10.2 Å². The predicted molar refractivity (Wildman–Crippen MR) is 162 cm³/mol. The van der Waals surface area contributed by atoms with Crippen molar-refractivity contribution in [3.05, 3.63) is 90.5 Å². The summed E-state index contributed by atoms with van der Waals surface area (Å²) in [5.41, 5.74) is 1.27. The molecule has 0 aliphatic carbocycles. The van der Waals surface area contributed by atoms with E-state index in [2.05, 4.69) is 5.32 Å². The quantitative estimate of drug-likeness (QED) is 0.272. The number of hydrogen-bond donors (Lipinski definition) is 1. The molecule has 8 nitrogen and oxygen atoms in total. The van der Waals surface area contributed by atoms with E-state index in [0.29, 0.717) is 25.2 Å². The van der Waals surface area contributed by atoms with Crippen LogP contribution in [0.1, 0.15) is 46.1 Å². The number of nitrogens with one attached hydrogen (secondary N) is 1. The fraction of sp³-hybridized carbons (Fsp3) is 0.375. The van der Waals surface area contributed by atoms with Crippen molar-refractivity contribution in [2.24, 2.45) is 0 Å². The van der Waals surface area contributed by atoms with Crippen LogP contribution in [0.2, 0.25) is 0 Å². The minimum absolute atomic E-state index is 0.0523. The number of nitrogens with zero attached hydrogens (tertiary/aromatic N) is 2. The molecule has 3 aromatic carbocycles. The summed E-state index contributed by atoms with van der Waals surface area (Å²) in [5, 5.41) is 3.00. The smallest absolute Gasteiger partial charge is 0.264 e. The molecule has 0 saturated heterocycles. The average Bonchev–Trinajstić information content (AvgIpc) is 2.99. The van der Waals surface area contributed by atoms with Crippen molar-refractivity contribution in [2.45, 2.75) is 63.9 Å². The van der Waals surface area contributed by atoms with Crippen LogP contribution < -0.4 is 14.4 Å². The minimum atomic E-state index is -4.16. The number of benzene rings is 3. The summed E-state index contributed by atoms with van der Waals surface area (Å²) < 4.78 is 34.9. The lowest BCUT2D eigenvalue weighted by Crippen LogP contribution is -2.54. The van der Waals surface area contributed by atoms with Crippen LogP contribution in [-0.4, -0.2) is 56.9 Å². The van der Waals surface area contributed by atoms with Gasteiger partial charge in [0, 0.05) is 12.6 Å². The Bertz CT molecular complexity index is 1370. The van der Waals surface area contributed by atoms with E-state index in [1.807, 2.05) is 58.0 Å². The zero-order valence-electron chi connectivity index (χ0n) is 24.3. The van der Waals surface area contributed by atoms with E-state index < -0.39 is 28.5 Å². The second-order valence-corrected chi connectivity index (χ2v) is 11.7. The molecule has 220 valence electrons. The van der Waals surface area contributed by atoms with Crippen molar-refractivity contribution in [2.75, 3.05) is 24.0 Å². The molecular formula is C32H41N3O5S. The first kappa shape index (κ1) is 31.7. The minimum Gasteiger partial charge on any atom is -0.492 e. The summed E-state index contributed by atoms with van der Waals surface area (Å²) in [6.07, 6.45) is 1.64. The molecule has 9 heteroatoms. The molecule has 1 N–H and O–H groups in total. The summed E-state index contributed by atoms with van der Waals surface area (Å²) in [5.74, 6) is -0.381. The van der Waals surface area contributed by atoms with Crippen LogP contribution in [0.5, 0.6) is 5.75 Å². The molecule has 0 saturated carbocycles. The van der Waals surface area contributed by atoms with Crippen molar-refractivity contribution in [3.63, 3.8) is 0 Å². The molecule has 41 heavy (non-hydrogen) atoms. The average molecular weight is 580 g/mol. The normalized spacial score (nSPS) is 12.7. The van der Waals surface area contributed by atoms with Gasteiger partial charge in [-0.25, -0.2) is 8.42 Å². The number of carbonyl (C=O) groups excluding carboxylic acids is 2. The van der Waals surface area contributed by atoms with Crippen LogP contribution >= 0.6 is 0 Å². The van der Waals surface area contributed by atoms with Crippen LogP contribution in [0.3, 0.4) is 0 Å². The fourth-order valence-electron chi connectivity index (χ4n) is 4.51. The molecule has 0 radical (unpaired) electrons. The highest BCUT2D eigenvalue weighted by Gasteiger charge is 2.34. The molecule has 0 heterocycles. The van der Waals surface area contributed by atoms with Crippen LogP contribution in [0.15, 0.2) is 89.8 Å². The highest BCUT2D eigenvalue weighted by Crippen LogP contribution is 2.32. The van der Waals surface area contributed by atoms with Crippen LogP contribution in [0.4, 0.5) is 5.69 Å². The number of amides is 2. The van der Waals surface area contributed by atoms with Crippen LogP contribution in [0, 0.1) is 0 Å². The molecule has 3 aromatic rings. The van der Waals surface area contributed by atoms with Crippen molar-refractivity contribution in [1.29, 1.82) is 0 Å². The second-order valence-electron chi connectivity index (χ2n) is 9.79. The van der Waals surface area contributed by atoms with Gasteiger partial charge in [0.1, 0.15) is 18.3 Å². The molecule has 0 fully saturated rings. The van der Waals surface area contributed by atoms with Gasteiger partial charge in [0.2, 0.25) is 11.8 Å². The van der Waals surface area contributed by atoms with E-state index in [1.54, 1.807) is 42.5 Å². The van der Waals surface area contributed by atoms with Gasteiger partial charge in [-0.15, -0.1) is 0 Å². The van der Waals surface area contributed by atoms with E-state index in [1.165, 1.54) is 17.0 Å².